The van der Waals surface area contributed by atoms with Gasteiger partial charge in [0.1, 0.15) is 0 Å². The molecule has 47 heavy (non-hydrogen) atoms. The Morgan fingerprint density at radius 1 is 0.340 bits per heavy atom. The lowest BCUT2D eigenvalue weighted by molar-refractivity contribution is -0.0298. The molecule has 13 heteroatoms. The van der Waals surface area contributed by atoms with E-state index in [-0.39, 0.29) is 12.7 Å². The van der Waals surface area contributed by atoms with Crippen LogP contribution in [0.4, 0.5) is 0 Å². The summed E-state index contributed by atoms with van der Waals surface area (Å²) in [7, 11) is 0. The molecule has 0 aromatic heterocycles. The highest BCUT2D eigenvalue weighted by atomic mass is 16.6. The maximum absolute atomic E-state index is 10.0. The molecule has 0 heterocycles. The predicted molar refractivity (Wildman–Crippen MR) is 179 cm³/mol. The fraction of sp³-hybridized carbons (Fsp3) is 1.00. The SMILES string of the molecule is CCCCCCCCCCC(O)COCCOCCOCCOCCOCCOCCOCCOCCOCCOCCOCCO. The summed E-state index contributed by atoms with van der Waals surface area (Å²) in [5.41, 5.74) is 0. The molecular weight excluding hydrogens is 616 g/mol. The van der Waals surface area contributed by atoms with Gasteiger partial charge in [-0.25, -0.2) is 0 Å². The van der Waals surface area contributed by atoms with E-state index in [9.17, 15) is 5.11 Å². The van der Waals surface area contributed by atoms with Gasteiger partial charge in [-0.2, -0.15) is 0 Å². The van der Waals surface area contributed by atoms with Crippen molar-refractivity contribution in [1.82, 2.24) is 0 Å². The Balaban J connectivity index is 3.09. The Hall–Kier alpha value is -0.520. The minimum atomic E-state index is -0.383. The fourth-order valence-electron chi connectivity index (χ4n) is 4.08. The predicted octanol–water partition coefficient (Wildman–Crippen LogP) is 3.05. The molecule has 0 aliphatic heterocycles. The molecule has 2 N–H and O–H groups in total. The van der Waals surface area contributed by atoms with Crippen LogP contribution in [0.2, 0.25) is 0 Å². The summed E-state index contributed by atoms with van der Waals surface area (Å²) in [6, 6.07) is 0. The van der Waals surface area contributed by atoms with Crippen molar-refractivity contribution in [2.45, 2.75) is 70.8 Å². The van der Waals surface area contributed by atoms with Gasteiger partial charge in [0.05, 0.1) is 158 Å². The Bertz CT molecular complexity index is 548. The van der Waals surface area contributed by atoms with Crippen molar-refractivity contribution < 1.29 is 62.3 Å². The molecule has 0 radical (unpaired) electrons. The van der Waals surface area contributed by atoms with Gasteiger partial charge in [-0.1, -0.05) is 58.3 Å². The van der Waals surface area contributed by atoms with Gasteiger partial charge in [-0.15, -0.1) is 0 Å². The third-order valence-corrected chi connectivity index (χ3v) is 6.66. The molecule has 0 aromatic carbocycles. The van der Waals surface area contributed by atoms with E-state index < -0.39 is 0 Å². The zero-order valence-corrected chi connectivity index (χ0v) is 29.6. The van der Waals surface area contributed by atoms with Crippen molar-refractivity contribution in [2.24, 2.45) is 0 Å². The van der Waals surface area contributed by atoms with Crippen molar-refractivity contribution >= 4 is 0 Å². The second kappa shape index (κ2) is 43.5. The smallest absolute Gasteiger partial charge is 0.0773 e. The molecule has 0 aliphatic carbocycles. The van der Waals surface area contributed by atoms with Crippen LogP contribution in [0.15, 0.2) is 0 Å². The largest absolute Gasteiger partial charge is 0.394 e. The van der Waals surface area contributed by atoms with Crippen molar-refractivity contribution in [3.63, 3.8) is 0 Å². The third kappa shape index (κ3) is 43.5. The van der Waals surface area contributed by atoms with Gasteiger partial charge in [-0.05, 0) is 6.42 Å². The monoisotopic (exact) mass is 686 g/mol. The number of ether oxygens (including phenoxy) is 11. The lowest BCUT2D eigenvalue weighted by Crippen LogP contribution is -2.18. The van der Waals surface area contributed by atoms with Gasteiger partial charge in [0.25, 0.3) is 0 Å². The van der Waals surface area contributed by atoms with E-state index in [4.69, 9.17) is 57.2 Å². The van der Waals surface area contributed by atoms with Crippen molar-refractivity contribution in [3.8, 4) is 0 Å². The number of unbranched alkanes of at least 4 members (excludes halogenated alkanes) is 7. The summed E-state index contributed by atoms with van der Waals surface area (Å²) < 4.78 is 59.7. The zero-order valence-electron chi connectivity index (χ0n) is 29.6. The summed E-state index contributed by atoms with van der Waals surface area (Å²) >= 11 is 0. The van der Waals surface area contributed by atoms with Gasteiger partial charge in [0, 0.05) is 0 Å². The number of aliphatic hydroxyl groups excluding tert-OH is 2. The molecule has 0 amide bonds. The molecule has 0 spiro atoms. The topological polar surface area (TPSA) is 142 Å². The number of hydrogen-bond acceptors (Lipinski definition) is 13. The lowest BCUT2D eigenvalue weighted by atomic mass is 10.1. The van der Waals surface area contributed by atoms with Gasteiger partial charge in [-0.3, -0.25) is 0 Å². The van der Waals surface area contributed by atoms with Crippen LogP contribution in [0, 0.1) is 0 Å². The molecule has 0 aromatic rings. The van der Waals surface area contributed by atoms with Crippen molar-refractivity contribution in [3.05, 3.63) is 0 Å². The minimum Gasteiger partial charge on any atom is -0.394 e. The first-order valence-electron chi connectivity index (χ1n) is 17.9. The molecule has 1 atom stereocenters. The quantitative estimate of drug-likeness (QED) is 0.0909. The molecule has 0 saturated carbocycles. The first-order valence-corrected chi connectivity index (χ1v) is 17.9. The molecule has 13 nitrogen and oxygen atoms in total. The molecule has 0 saturated heterocycles. The maximum atomic E-state index is 10.0. The highest BCUT2D eigenvalue weighted by Crippen LogP contribution is 2.10. The van der Waals surface area contributed by atoms with Crippen LogP contribution in [0.3, 0.4) is 0 Å². The maximum Gasteiger partial charge on any atom is 0.0773 e. The molecular formula is C34H70O13. The second-order valence-corrected chi connectivity index (χ2v) is 10.8. The Morgan fingerprint density at radius 2 is 0.596 bits per heavy atom. The number of hydrogen-bond donors (Lipinski definition) is 2. The highest BCUT2D eigenvalue weighted by molar-refractivity contribution is 4.55. The molecule has 0 fully saturated rings. The Kier molecular flexibility index (Phi) is 43.0. The summed E-state index contributed by atoms with van der Waals surface area (Å²) in [5.74, 6) is 0. The van der Waals surface area contributed by atoms with E-state index in [0.717, 1.165) is 12.8 Å². The van der Waals surface area contributed by atoms with Gasteiger partial charge >= 0.3 is 0 Å². The van der Waals surface area contributed by atoms with Crippen molar-refractivity contribution in [2.75, 3.05) is 152 Å². The van der Waals surface area contributed by atoms with E-state index in [1.807, 2.05) is 0 Å². The number of aliphatic hydroxyl groups is 2. The summed E-state index contributed by atoms with van der Waals surface area (Å²) in [6.45, 7) is 13.0. The highest BCUT2D eigenvalue weighted by Gasteiger charge is 2.04. The van der Waals surface area contributed by atoms with Gasteiger partial charge in [0.15, 0.2) is 0 Å². The molecule has 0 rings (SSSR count). The standard InChI is InChI=1S/C34H70O13/c1-2-3-4-5-6-7-8-9-10-34(36)33-47-32-31-46-30-29-45-28-27-44-26-25-43-24-23-42-22-21-41-20-19-40-18-17-39-16-15-38-14-13-37-12-11-35/h34-36H,2-33H2,1H3. The molecule has 0 bridgehead atoms. The fourth-order valence-corrected chi connectivity index (χ4v) is 4.08. The van der Waals surface area contributed by atoms with Crippen LogP contribution in [-0.2, 0) is 52.1 Å². The molecule has 0 aliphatic rings. The Morgan fingerprint density at radius 3 is 0.894 bits per heavy atom. The zero-order chi connectivity index (χ0) is 34.0. The summed E-state index contributed by atoms with van der Waals surface area (Å²) in [5, 5.41) is 18.6. The van der Waals surface area contributed by atoms with Gasteiger partial charge in [0.2, 0.25) is 0 Å². The van der Waals surface area contributed by atoms with Crippen LogP contribution in [0.25, 0.3) is 0 Å². The summed E-state index contributed by atoms with van der Waals surface area (Å²) in [4.78, 5) is 0. The second-order valence-electron chi connectivity index (χ2n) is 10.8. The van der Waals surface area contributed by atoms with Crippen LogP contribution < -0.4 is 0 Å². The van der Waals surface area contributed by atoms with Crippen LogP contribution in [0.5, 0.6) is 0 Å². The van der Waals surface area contributed by atoms with E-state index in [1.54, 1.807) is 0 Å². The van der Waals surface area contributed by atoms with Crippen molar-refractivity contribution in [1.29, 1.82) is 0 Å². The normalized spacial score (nSPS) is 12.3. The van der Waals surface area contributed by atoms with E-state index in [2.05, 4.69) is 6.92 Å². The minimum absolute atomic E-state index is 0.0252. The van der Waals surface area contributed by atoms with Gasteiger partial charge < -0.3 is 62.3 Å². The Labute approximate surface area is 285 Å². The average molecular weight is 687 g/mol. The average Bonchev–Trinajstić information content (AvgIpc) is 3.08. The third-order valence-electron chi connectivity index (χ3n) is 6.66. The van der Waals surface area contributed by atoms with E-state index >= 15 is 0 Å². The van der Waals surface area contributed by atoms with E-state index in [1.165, 1.54) is 44.9 Å². The van der Waals surface area contributed by atoms with E-state index in [0.29, 0.717) is 145 Å². The first-order chi connectivity index (χ1) is 23.3. The van der Waals surface area contributed by atoms with Crippen LogP contribution >= 0.6 is 0 Å². The number of rotatable bonds is 43. The summed E-state index contributed by atoms with van der Waals surface area (Å²) in [6.07, 6.45) is 10.6. The first kappa shape index (κ1) is 46.5. The van der Waals surface area contributed by atoms with Crippen LogP contribution in [-0.4, -0.2) is 168 Å². The molecule has 1 unspecified atom stereocenters. The molecule has 284 valence electrons. The van der Waals surface area contributed by atoms with Crippen LogP contribution in [0.1, 0.15) is 64.7 Å². The lowest BCUT2D eigenvalue weighted by Gasteiger charge is -2.11.